The van der Waals surface area contributed by atoms with Gasteiger partial charge in [-0.15, -0.1) is 0 Å². The molecule has 0 aromatic heterocycles. The first-order chi connectivity index (χ1) is 8.63. The molecule has 0 radical (unpaired) electrons. The van der Waals surface area contributed by atoms with Crippen molar-refractivity contribution in [2.24, 2.45) is 0 Å². The zero-order valence-electron chi connectivity index (χ0n) is 10.9. The Morgan fingerprint density at radius 1 is 1.39 bits per heavy atom. The average molecular weight is 248 g/mol. The van der Waals surface area contributed by atoms with Gasteiger partial charge in [-0.3, -0.25) is 5.32 Å². The highest BCUT2D eigenvalue weighted by atomic mass is 16.5. The molecule has 0 heterocycles. The lowest BCUT2D eigenvalue weighted by Crippen LogP contribution is -2.42. The van der Waals surface area contributed by atoms with E-state index in [2.05, 4.69) is 11.4 Å². The maximum absolute atomic E-state index is 9.16. The van der Waals surface area contributed by atoms with Gasteiger partial charge in [0.05, 0.1) is 19.8 Å². The minimum absolute atomic E-state index is 0.0415. The van der Waals surface area contributed by atoms with E-state index in [4.69, 9.17) is 15.1 Å². The monoisotopic (exact) mass is 248 g/mol. The summed E-state index contributed by atoms with van der Waals surface area (Å²) in [4.78, 5) is 0. The Bertz CT molecular complexity index is 397. The number of rotatable bonds is 7. The van der Waals surface area contributed by atoms with Crippen LogP contribution < -0.4 is 10.1 Å². The van der Waals surface area contributed by atoms with E-state index < -0.39 is 5.54 Å². The lowest BCUT2D eigenvalue weighted by Gasteiger charge is -2.22. The second-order valence-corrected chi connectivity index (χ2v) is 4.44. The van der Waals surface area contributed by atoms with Gasteiger partial charge in [0.25, 0.3) is 0 Å². The van der Waals surface area contributed by atoms with E-state index in [0.717, 1.165) is 12.2 Å². The molecule has 4 nitrogen and oxygen atoms in total. The van der Waals surface area contributed by atoms with Gasteiger partial charge < -0.3 is 9.84 Å². The van der Waals surface area contributed by atoms with Gasteiger partial charge in [-0.1, -0.05) is 12.1 Å². The van der Waals surface area contributed by atoms with E-state index in [1.165, 1.54) is 5.56 Å². The van der Waals surface area contributed by atoms with E-state index in [1.807, 2.05) is 31.2 Å². The molecular weight excluding hydrogens is 228 g/mol. The van der Waals surface area contributed by atoms with Crippen LogP contribution in [0.1, 0.15) is 18.9 Å². The topological polar surface area (TPSA) is 65.3 Å². The molecule has 1 aromatic rings. The van der Waals surface area contributed by atoms with E-state index in [-0.39, 0.29) is 6.61 Å². The molecule has 0 saturated heterocycles. The summed E-state index contributed by atoms with van der Waals surface area (Å²) in [7, 11) is 1.64. The van der Waals surface area contributed by atoms with Gasteiger partial charge in [0.15, 0.2) is 0 Å². The van der Waals surface area contributed by atoms with Crippen LogP contribution in [-0.4, -0.2) is 30.9 Å². The molecule has 4 heteroatoms. The highest BCUT2D eigenvalue weighted by Gasteiger charge is 2.22. The highest BCUT2D eigenvalue weighted by Crippen LogP contribution is 2.16. The molecule has 0 saturated carbocycles. The Balaban J connectivity index is 2.54. The van der Waals surface area contributed by atoms with Crippen molar-refractivity contribution in [2.75, 3.05) is 20.3 Å². The van der Waals surface area contributed by atoms with Crippen molar-refractivity contribution in [2.45, 2.75) is 25.3 Å². The number of nitrogens with one attached hydrogen (secondary N) is 1. The molecular formula is C14H20N2O2. The number of ether oxygens (including phenoxy) is 1. The van der Waals surface area contributed by atoms with Crippen LogP contribution in [0.5, 0.6) is 5.75 Å². The van der Waals surface area contributed by atoms with Gasteiger partial charge in [-0.05, 0) is 37.5 Å². The van der Waals surface area contributed by atoms with Crippen LogP contribution in [0.2, 0.25) is 0 Å². The van der Waals surface area contributed by atoms with Crippen molar-refractivity contribution in [3.8, 4) is 11.8 Å². The molecule has 0 amide bonds. The summed E-state index contributed by atoms with van der Waals surface area (Å²) < 4.78 is 5.10. The maximum atomic E-state index is 9.16. The number of β-amino-alcohol motifs (C(OH)–C–C–N with tert-alkyl or cyclic N) is 1. The van der Waals surface area contributed by atoms with E-state index in [1.54, 1.807) is 7.11 Å². The maximum Gasteiger partial charge on any atom is 0.118 e. The van der Waals surface area contributed by atoms with E-state index >= 15 is 0 Å². The molecule has 1 unspecified atom stereocenters. The molecule has 1 rings (SSSR count). The largest absolute Gasteiger partial charge is 0.497 e. The Morgan fingerprint density at radius 2 is 2.06 bits per heavy atom. The Morgan fingerprint density at radius 3 is 2.56 bits per heavy atom. The third-order valence-corrected chi connectivity index (χ3v) is 2.95. The molecule has 0 spiro atoms. The van der Waals surface area contributed by atoms with Crippen molar-refractivity contribution in [3.63, 3.8) is 0 Å². The lowest BCUT2D eigenvalue weighted by atomic mass is 9.94. The Hall–Kier alpha value is -1.57. The van der Waals surface area contributed by atoms with Crippen molar-refractivity contribution in [3.05, 3.63) is 29.8 Å². The molecule has 0 aliphatic rings. The SMILES string of the molecule is COc1ccc(CCC(C)(C#N)NCCO)cc1. The fourth-order valence-electron chi connectivity index (χ4n) is 1.70. The van der Waals surface area contributed by atoms with Crippen LogP contribution >= 0.6 is 0 Å². The van der Waals surface area contributed by atoms with Crippen LogP contribution in [0.15, 0.2) is 24.3 Å². The summed E-state index contributed by atoms with van der Waals surface area (Å²) in [5.74, 6) is 0.834. The number of aliphatic hydroxyl groups is 1. The summed E-state index contributed by atoms with van der Waals surface area (Å²) in [5, 5.41) is 21.0. The normalized spacial score (nSPS) is 13.7. The molecule has 1 aromatic carbocycles. The van der Waals surface area contributed by atoms with Crippen LogP contribution in [0.4, 0.5) is 0 Å². The molecule has 2 N–H and O–H groups in total. The number of benzene rings is 1. The van der Waals surface area contributed by atoms with E-state index in [9.17, 15) is 0 Å². The zero-order chi connectivity index (χ0) is 13.4. The fourth-order valence-corrected chi connectivity index (χ4v) is 1.70. The van der Waals surface area contributed by atoms with Crippen molar-refractivity contribution >= 4 is 0 Å². The van der Waals surface area contributed by atoms with Crippen LogP contribution in [-0.2, 0) is 6.42 Å². The van der Waals surface area contributed by atoms with Crippen LogP contribution in [0.3, 0.4) is 0 Å². The molecule has 18 heavy (non-hydrogen) atoms. The average Bonchev–Trinajstić information content (AvgIpc) is 2.43. The standard InChI is InChI=1S/C14H20N2O2/c1-14(11-15,16-9-10-17)8-7-12-3-5-13(18-2)6-4-12/h3-6,16-17H,7-10H2,1-2H3. The smallest absolute Gasteiger partial charge is 0.118 e. The van der Waals surface area contributed by atoms with Gasteiger partial charge in [-0.25, -0.2) is 0 Å². The third kappa shape index (κ3) is 4.36. The van der Waals surface area contributed by atoms with Crippen molar-refractivity contribution < 1.29 is 9.84 Å². The second-order valence-electron chi connectivity index (χ2n) is 4.44. The number of nitriles is 1. The van der Waals surface area contributed by atoms with Gasteiger partial charge in [0.1, 0.15) is 11.3 Å². The van der Waals surface area contributed by atoms with Gasteiger partial charge >= 0.3 is 0 Å². The summed E-state index contributed by atoms with van der Waals surface area (Å²) in [6.45, 7) is 2.33. The summed E-state index contributed by atoms with van der Waals surface area (Å²) in [5.41, 5.74) is 0.575. The fraction of sp³-hybridized carbons (Fsp3) is 0.500. The predicted octanol–water partition coefficient (Wildman–Crippen LogP) is 1.49. The van der Waals surface area contributed by atoms with Crippen molar-refractivity contribution in [1.82, 2.24) is 5.32 Å². The summed E-state index contributed by atoms with van der Waals surface area (Å²) >= 11 is 0. The highest BCUT2D eigenvalue weighted by molar-refractivity contribution is 5.27. The van der Waals surface area contributed by atoms with Crippen LogP contribution in [0.25, 0.3) is 0 Å². The number of aryl methyl sites for hydroxylation is 1. The number of methoxy groups -OCH3 is 1. The summed E-state index contributed by atoms with van der Waals surface area (Å²) in [6, 6.07) is 10.1. The third-order valence-electron chi connectivity index (χ3n) is 2.95. The van der Waals surface area contributed by atoms with Gasteiger partial charge in [0.2, 0.25) is 0 Å². The first kappa shape index (κ1) is 14.5. The number of hydrogen-bond acceptors (Lipinski definition) is 4. The van der Waals surface area contributed by atoms with Gasteiger partial charge in [0, 0.05) is 6.54 Å². The van der Waals surface area contributed by atoms with Crippen molar-refractivity contribution in [1.29, 1.82) is 5.26 Å². The molecule has 0 bridgehead atoms. The minimum atomic E-state index is -0.595. The number of nitrogens with zero attached hydrogens (tertiary/aromatic N) is 1. The Kier molecular flexibility index (Phi) is 5.63. The first-order valence-electron chi connectivity index (χ1n) is 6.03. The Labute approximate surface area is 108 Å². The number of hydrogen-bond donors (Lipinski definition) is 2. The quantitative estimate of drug-likeness (QED) is 0.767. The zero-order valence-corrected chi connectivity index (χ0v) is 10.9. The predicted molar refractivity (Wildman–Crippen MR) is 70.4 cm³/mol. The molecule has 0 aliphatic heterocycles. The molecule has 1 atom stereocenters. The van der Waals surface area contributed by atoms with E-state index in [0.29, 0.717) is 13.0 Å². The lowest BCUT2D eigenvalue weighted by molar-refractivity contribution is 0.272. The van der Waals surface area contributed by atoms with Gasteiger partial charge in [-0.2, -0.15) is 5.26 Å². The molecule has 0 aliphatic carbocycles. The van der Waals surface area contributed by atoms with Crippen LogP contribution in [0, 0.1) is 11.3 Å². The minimum Gasteiger partial charge on any atom is -0.497 e. The first-order valence-corrected chi connectivity index (χ1v) is 6.03. The molecule has 0 fully saturated rings. The summed E-state index contributed by atoms with van der Waals surface area (Å²) in [6.07, 6.45) is 1.52. The number of aliphatic hydroxyl groups excluding tert-OH is 1. The second kappa shape index (κ2) is 7.00. The molecule has 98 valence electrons.